The Bertz CT molecular complexity index is 757. The molecular weight excluding hydrogens is 304 g/mol. The summed E-state index contributed by atoms with van der Waals surface area (Å²) >= 11 is 7.77. The number of thiazole rings is 1. The number of para-hydroxylation sites is 1. The summed E-state index contributed by atoms with van der Waals surface area (Å²) in [6.07, 6.45) is 0.866. The van der Waals surface area contributed by atoms with E-state index in [-0.39, 0.29) is 0 Å². The number of aromatic nitrogens is 1. The third-order valence-corrected chi connectivity index (χ3v) is 4.65. The second-order valence-electron chi connectivity index (χ2n) is 4.63. The molecule has 0 amide bonds. The summed E-state index contributed by atoms with van der Waals surface area (Å²) in [5.74, 6) is 0. The lowest BCUT2D eigenvalue weighted by Crippen LogP contribution is -1.99. The van der Waals surface area contributed by atoms with Gasteiger partial charge in [0, 0.05) is 12.8 Å². The number of halogens is 1. The normalized spacial score (nSPS) is 11.0. The molecule has 0 radical (unpaired) electrons. The van der Waals surface area contributed by atoms with Crippen LogP contribution >= 0.6 is 22.9 Å². The van der Waals surface area contributed by atoms with E-state index in [1.807, 2.05) is 30.3 Å². The van der Waals surface area contributed by atoms with Crippen molar-refractivity contribution in [1.29, 1.82) is 0 Å². The van der Waals surface area contributed by atoms with Crippen LogP contribution in [-0.4, -0.2) is 18.7 Å². The van der Waals surface area contributed by atoms with E-state index in [1.165, 1.54) is 5.56 Å². The first kappa shape index (κ1) is 14.3. The number of anilines is 2. The van der Waals surface area contributed by atoms with E-state index in [2.05, 4.69) is 22.4 Å². The first-order valence-corrected chi connectivity index (χ1v) is 7.86. The zero-order chi connectivity index (χ0) is 14.7. The molecule has 3 nitrogen and oxygen atoms in total. The minimum absolute atomic E-state index is 0.699. The predicted octanol–water partition coefficient (Wildman–Crippen LogP) is 4.88. The fraction of sp³-hybridized carbons (Fsp3) is 0.188. The number of benzene rings is 2. The van der Waals surface area contributed by atoms with Crippen LogP contribution in [0.5, 0.6) is 0 Å². The van der Waals surface area contributed by atoms with Gasteiger partial charge in [0.25, 0.3) is 0 Å². The van der Waals surface area contributed by atoms with Gasteiger partial charge in [-0.25, -0.2) is 4.98 Å². The van der Waals surface area contributed by atoms with Crippen LogP contribution in [-0.2, 0) is 11.2 Å². The van der Waals surface area contributed by atoms with Gasteiger partial charge >= 0.3 is 0 Å². The van der Waals surface area contributed by atoms with Crippen LogP contribution in [0.15, 0.2) is 42.5 Å². The molecule has 0 aliphatic carbocycles. The molecule has 0 fully saturated rings. The summed E-state index contributed by atoms with van der Waals surface area (Å²) in [5.41, 5.74) is 3.19. The molecule has 21 heavy (non-hydrogen) atoms. The Kier molecular flexibility index (Phi) is 4.39. The van der Waals surface area contributed by atoms with Crippen molar-refractivity contribution in [2.45, 2.75) is 6.42 Å². The van der Waals surface area contributed by atoms with E-state index in [4.69, 9.17) is 16.3 Å². The SMILES string of the molecule is COCCc1ccccc1Nc1nc2cccc(Cl)c2s1. The molecule has 0 aliphatic heterocycles. The van der Waals surface area contributed by atoms with Crippen molar-refractivity contribution in [1.82, 2.24) is 4.98 Å². The maximum Gasteiger partial charge on any atom is 0.188 e. The average molecular weight is 319 g/mol. The van der Waals surface area contributed by atoms with E-state index in [1.54, 1.807) is 18.4 Å². The van der Waals surface area contributed by atoms with E-state index in [0.717, 1.165) is 32.5 Å². The monoisotopic (exact) mass is 318 g/mol. The van der Waals surface area contributed by atoms with Gasteiger partial charge in [0.2, 0.25) is 0 Å². The van der Waals surface area contributed by atoms with E-state index in [9.17, 15) is 0 Å². The molecule has 0 spiro atoms. The lowest BCUT2D eigenvalue weighted by molar-refractivity contribution is 0.202. The van der Waals surface area contributed by atoms with Gasteiger partial charge < -0.3 is 10.1 Å². The van der Waals surface area contributed by atoms with Crippen LogP contribution in [0.4, 0.5) is 10.8 Å². The van der Waals surface area contributed by atoms with Gasteiger partial charge in [0.1, 0.15) is 0 Å². The summed E-state index contributed by atoms with van der Waals surface area (Å²) < 4.78 is 6.17. The van der Waals surface area contributed by atoms with Crippen LogP contribution in [0.1, 0.15) is 5.56 Å². The highest BCUT2D eigenvalue weighted by molar-refractivity contribution is 7.22. The molecule has 0 atom stereocenters. The maximum absolute atomic E-state index is 6.20. The minimum atomic E-state index is 0.699. The molecule has 0 saturated carbocycles. The number of hydrogen-bond acceptors (Lipinski definition) is 4. The number of nitrogens with zero attached hydrogens (tertiary/aromatic N) is 1. The molecule has 0 saturated heterocycles. The van der Waals surface area contributed by atoms with Crippen molar-refractivity contribution in [3.05, 3.63) is 53.1 Å². The first-order valence-electron chi connectivity index (χ1n) is 6.67. The summed E-state index contributed by atoms with van der Waals surface area (Å²) in [4.78, 5) is 4.58. The molecule has 1 heterocycles. The molecule has 0 unspecified atom stereocenters. The predicted molar refractivity (Wildman–Crippen MR) is 89.9 cm³/mol. The van der Waals surface area contributed by atoms with Crippen LogP contribution in [0.3, 0.4) is 0 Å². The maximum atomic E-state index is 6.20. The lowest BCUT2D eigenvalue weighted by atomic mass is 10.1. The average Bonchev–Trinajstić information content (AvgIpc) is 2.90. The molecule has 2 aromatic carbocycles. The third kappa shape index (κ3) is 3.18. The van der Waals surface area contributed by atoms with Gasteiger partial charge in [0.05, 0.1) is 21.8 Å². The van der Waals surface area contributed by atoms with Crippen LogP contribution in [0.2, 0.25) is 5.02 Å². The topological polar surface area (TPSA) is 34.1 Å². The number of fused-ring (bicyclic) bond motifs is 1. The van der Waals surface area contributed by atoms with Gasteiger partial charge in [-0.1, -0.05) is 47.2 Å². The van der Waals surface area contributed by atoms with E-state index < -0.39 is 0 Å². The van der Waals surface area contributed by atoms with Gasteiger partial charge in [-0.05, 0) is 30.2 Å². The fourth-order valence-corrected chi connectivity index (χ4v) is 3.32. The van der Waals surface area contributed by atoms with Crippen molar-refractivity contribution < 1.29 is 4.74 Å². The van der Waals surface area contributed by atoms with Gasteiger partial charge in [-0.2, -0.15) is 0 Å². The third-order valence-electron chi connectivity index (χ3n) is 3.20. The molecule has 3 aromatic rings. The number of nitrogens with one attached hydrogen (secondary N) is 1. The summed E-state index contributed by atoms with van der Waals surface area (Å²) in [7, 11) is 1.71. The summed E-state index contributed by atoms with van der Waals surface area (Å²) in [6.45, 7) is 0.699. The molecule has 0 bridgehead atoms. The van der Waals surface area contributed by atoms with Crippen LogP contribution in [0.25, 0.3) is 10.2 Å². The van der Waals surface area contributed by atoms with Gasteiger partial charge in [0.15, 0.2) is 5.13 Å². The second kappa shape index (κ2) is 6.43. The Morgan fingerprint density at radius 3 is 2.86 bits per heavy atom. The Morgan fingerprint density at radius 2 is 2.05 bits per heavy atom. The molecular formula is C16H15ClN2OS. The number of rotatable bonds is 5. The Labute approximate surface area is 132 Å². The van der Waals surface area contributed by atoms with Crippen molar-refractivity contribution in [2.24, 2.45) is 0 Å². The Morgan fingerprint density at radius 1 is 1.19 bits per heavy atom. The van der Waals surface area contributed by atoms with Crippen molar-refractivity contribution in [3.8, 4) is 0 Å². The van der Waals surface area contributed by atoms with Gasteiger partial charge in [-0.3, -0.25) is 0 Å². The second-order valence-corrected chi connectivity index (χ2v) is 6.04. The summed E-state index contributed by atoms with van der Waals surface area (Å²) in [5, 5.41) is 4.98. The lowest BCUT2D eigenvalue weighted by Gasteiger charge is -2.09. The summed E-state index contributed by atoms with van der Waals surface area (Å²) in [6, 6.07) is 14.0. The van der Waals surface area contributed by atoms with Crippen molar-refractivity contribution in [2.75, 3.05) is 19.0 Å². The van der Waals surface area contributed by atoms with Crippen LogP contribution < -0.4 is 5.32 Å². The number of ether oxygens (including phenoxy) is 1. The van der Waals surface area contributed by atoms with Crippen molar-refractivity contribution >= 4 is 44.0 Å². The smallest absolute Gasteiger partial charge is 0.188 e. The highest BCUT2D eigenvalue weighted by Gasteiger charge is 2.08. The molecule has 5 heteroatoms. The molecule has 1 aromatic heterocycles. The molecule has 108 valence electrons. The Hall–Kier alpha value is -1.62. The van der Waals surface area contributed by atoms with Crippen molar-refractivity contribution in [3.63, 3.8) is 0 Å². The Balaban J connectivity index is 1.90. The fourth-order valence-electron chi connectivity index (χ4n) is 2.16. The first-order chi connectivity index (χ1) is 10.3. The molecule has 3 rings (SSSR count). The van der Waals surface area contributed by atoms with Crippen LogP contribution in [0, 0.1) is 0 Å². The standard InChI is InChI=1S/C16H15ClN2OS/c1-20-10-9-11-5-2-3-7-13(11)18-16-19-14-8-4-6-12(17)15(14)21-16/h2-8H,9-10H2,1H3,(H,18,19). The van der Waals surface area contributed by atoms with E-state index >= 15 is 0 Å². The van der Waals surface area contributed by atoms with E-state index in [0.29, 0.717) is 6.61 Å². The molecule has 1 N–H and O–H groups in total. The highest BCUT2D eigenvalue weighted by Crippen LogP contribution is 2.33. The quantitative estimate of drug-likeness (QED) is 0.728. The molecule has 0 aliphatic rings. The number of methoxy groups -OCH3 is 1. The highest BCUT2D eigenvalue weighted by atomic mass is 35.5. The zero-order valence-electron chi connectivity index (χ0n) is 11.6. The largest absolute Gasteiger partial charge is 0.384 e. The zero-order valence-corrected chi connectivity index (χ0v) is 13.2. The minimum Gasteiger partial charge on any atom is -0.384 e. The van der Waals surface area contributed by atoms with Gasteiger partial charge in [-0.15, -0.1) is 0 Å². The number of hydrogen-bond donors (Lipinski definition) is 1.